The summed E-state index contributed by atoms with van der Waals surface area (Å²) in [5.74, 6) is 0.476. The lowest BCUT2D eigenvalue weighted by Gasteiger charge is -2.19. The Kier molecular flexibility index (Phi) is 5.19. The molecular weight excluding hydrogens is 258 g/mol. The summed E-state index contributed by atoms with van der Waals surface area (Å²) in [6, 6.07) is 0. The lowest BCUT2D eigenvalue weighted by atomic mass is 10.1. The Morgan fingerprint density at radius 3 is 2.89 bits per heavy atom. The average molecular weight is 283 g/mol. The topological polar surface area (TPSA) is 37.4 Å². The number of nitrogens with one attached hydrogen (secondary N) is 1. The molecular formula is C14H25N3OS. The van der Waals surface area contributed by atoms with Crippen molar-refractivity contribution in [3.05, 3.63) is 10.6 Å². The first-order valence-corrected chi connectivity index (χ1v) is 7.90. The molecule has 1 atom stereocenters. The number of thiazole rings is 1. The molecule has 0 spiro atoms. The Hall–Kier alpha value is -0.650. The lowest BCUT2D eigenvalue weighted by molar-refractivity contribution is 0.116. The van der Waals surface area contributed by atoms with Crippen LogP contribution in [0.3, 0.4) is 0 Å². The van der Waals surface area contributed by atoms with Crippen molar-refractivity contribution in [2.75, 3.05) is 32.1 Å². The monoisotopic (exact) mass is 283 g/mol. The standard InChI is InChI=1S/C14H25N3OS/c1-10(2)13-12(8-15-3)19-14(16-13)17(4)9-11-6-5-7-18-11/h10-11,15H,5-9H2,1-4H3. The SMILES string of the molecule is CNCc1sc(N(C)CC2CCCO2)nc1C(C)C. The normalized spacial score (nSPS) is 19.3. The molecule has 5 heteroatoms. The maximum Gasteiger partial charge on any atom is 0.185 e. The smallest absolute Gasteiger partial charge is 0.185 e. The highest BCUT2D eigenvalue weighted by Crippen LogP contribution is 2.30. The number of likely N-dealkylation sites (N-methyl/N-ethyl adjacent to an activating group) is 1. The fourth-order valence-corrected chi connectivity index (χ4v) is 3.62. The third-order valence-electron chi connectivity index (χ3n) is 3.43. The molecule has 108 valence electrons. The van der Waals surface area contributed by atoms with Crippen molar-refractivity contribution in [3.8, 4) is 0 Å². The van der Waals surface area contributed by atoms with Crippen LogP contribution in [-0.2, 0) is 11.3 Å². The summed E-state index contributed by atoms with van der Waals surface area (Å²) in [5, 5.41) is 4.35. The first kappa shape index (κ1) is 14.8. The molecule has 19 heavy (non-hydrogen) atoms. The Labute approximate surface area is 120 Å². The van der Waals surface area contributed by atoms with Gasteiger partial charge in [0.2, 0.25) is 0 Å². The van der Waals surface area contributed by atoms with Gasteiger partial charge >= 0.3 is 0 Å². The second-order valence-corrected chi connectivity index (χ2v) is 6.57. The Morgan fingerprint density at radius 2 is 2.32 bits per heavy atom. The number of nitrogens with zero attached hydrogens (tertiary/aromatic N) is 2. The van der Waals surface area contributed by atoms with Gasteiger partial charge in [0.15, 0.2) is 5.13 Å². The lowest BCUT2D eigenvalue weighted by Crippen LogP contribution is -2.28. The van der Waals surface area contributed by atoms with Gasteiger partial charge in [-0.15, -0.1) is 11.3 Å². The van der Waals surface area contributed by atoms with E-state index in [-0.39, 0.29) is 0 Å². The van der Waals surface area contributed by atoms with Gasteiger partial charge in [0, 0.05) is 31.6 Å². The summed E-state index contributed by atoms with van der Waals surface area (Å²) in [4.78, 5) is 8.41. The number of rotatable bonds is 6. The molecule has 4 nitrogen and oxygen atoms in total. The van der Waals surface area contributed by atoms with Crippen LogP contribution in [0.4, 0.5) is 5.13 Å². The van der Waals surface area contributed by atoms with E-state index in [1.54, 1.807) is 11.3 Å². The summed E-state index contributed by atoms with van der Waals surface area (Å²) in [6.07, 6.45) is 2.75. The van der Waals surface area contributed by atoms with Crippen molar-refractivity contribution in [1.29, 1.82) is 0 Å². The quantitative estimate of drug-likeness (QED) is 0.871. The van der Waals surface area contributed by atoms with E-state index in [4.69, 9.17) is 9.72 Å². The molecule has 1 unspecified atom stereocenters. The molecule has 0 aliphatic carbocycles. The van der Waals surface area contributed by atoms with Gasteiger partial charge in [-0.2, -0.15) is 0 Å². The van der Waals surface area contributed by atoms with Crippen LogP contribution in [0, 0.1) is 0 Å². The summed E-state index contributed by atoms with van der Waals surface area (Å²) < 4.78 is 5.70. The average Bonchev–Trinajstić information content (AvgIpc) is 2.98. The van der Waals surface area contributed by atoms with Crippen molar-refractivity contribution in [3.63, 3.8) is 0 Å². The van der Waals surface area contributed by atoms with Crippen LogP contribution in [-0.4, -0.2) is 38.3 Å². The molecule has 1 N–H and O–H groups in total. The minimum Gasteiger partial charge on any atom is -0.376 e. The highest BCUT2D eigenvalue weighted by molar-refractivity contribution is 7.15. The van der Waals surface area contributed by atoms with Gasteiger partial charge in [-0.3, -0.25) is 0 Å². The molecule has 0 aromatic carbocycles. The van der Waals surface area contributed by atoms with E-state index in [0.29, 0.717) is 12.0 Å². The van der Waals surface area contributed by atoms with Crippen LogP contribution in [0.5, 0.6) is 0 Å². The van der Waals surface area contributed by atoms with Crippen LogP contribution in [0.25, 0.3) is 0 Å². The second kappa shape index (κ2) is 6.68. The van der Waals surface area contributed by atoms with Crippen molar-refractivity contribution >= 4 is 16.5 Å². The number of hydrogen-bond acceptors (Lipinski definition) is 5. The van der Waals surface area contributed by atoms with Gasteiger partial charge < -0.3 is 15.0 Å². The zero-order chi connectivity index (χ0) is 13.8. The highest BCUT2D eigenvalue weighted by Gasteiger charge is 2.21. The molecule has 1 aliphatic heterocycles. The molecule has 0 bridgehead atoms. The van der Waals surface area contributed by atoms with Crippen molar-refractivity contribution in [2.24, 2.45) is 0 Å². The van der Waals surface area contributed by atoms with Crippen LogP contribution >= 0.6 is 11.3 Å². The minimum absolute atomic E-state index is 0.379. The van der Waals surface area contributed by atoms with E-state index in [9.17, 15) is 0 Å². The predicted molar refractivity (Wildman–Crippen MR) is 81.2 cm³/mol. The highest BCUT2D eigenvalue weighted by atomic mass is 32.1. The molecule has 1 saturated heterocycles. The zero-order valence-corrected chi connectivity index (χ0v) is 13.2. The van der Waals surface area contributed by atoms with E-state index in [1.807, 2.05) is 7.05 Å². The van der Waals surface area contributed by atoms with Gasteiger partial charge in [0.1, 0.15) is 0 Å². The zero-order valence-electron chi connectivity index (χ0n) is 12.4. The van der Waals surface area contributed by atoms with Gasteiger partial charge in [0.05, 0.1) is 11.8 Å². The molecule has 0 amide bonds. The number of anilines is 1. The third-order valence-corrected chi connectivity index (χ3v) is 4.61. The van der Waals surface area contributed by atoms with E-state index in [2.05, 4.69) is 31.1 Å². The third kappa shape index (κ3) is 3.68. The first-order chi connectivity index (χ1) is 9.11. The van der Waals surface area contributed by atoms with Crippen LogP contribution in [0.1, 0.15) is 43.2 Å². The van der Waals surface area contributed by atoms with Gasteiger partial charge in [-0.25, -0.2) is 4.98 Å². The molecule has 2 heterocycles. The fourth-order valence-electron chi connectivity index (χ4n) is 2.42. The molecule has 1 aromatic heterocycles. The number of aromatic nitrogens is 1. The predicted octanol–water partition coefficient (Wildman–Crippen LogP) is 2.60. The molecule has 1 aromatic rings. The summed E-state index contributed by atoms with van der Waals surface area (Å²) in [6.45, 7) is 7.18. The largest absolute Gasteiger partial charge is 0.376 e. The van der Waals surface area contributed by atoms with Crippen molar-refractivity contribution in [2.45, 2.75) is 45.3 Å². The molecule has 1 fully saturated rings. The van der Waals surface area contributed by atoms with Gasteiger partial charge in [-0.1, -0.05) is 13.8 Å². The Morgan fingerprint density at radius 1 is 1.53 bits per heavy atom. The first-order valence-electron chi connectivity index (χ1n) is 7.08. The van der Waals surface area contributed by atoms with E-state index in [1.165, 1.54) is 23.4 Å². The summed E-state index contributed by atoms with van der Waals surface area (Å²) in [5.41, 5.74) is 1.23. The maximum atomic E-state index is 5.70. The van der Waals surface area contributed by atoms with E-state index < -0.39 is 0 Å². The number of ether oxygens (including phenoxy) is 1. The van der Waals surface area contributed by atoms with E-state index >= 15 is 0 Å². The Balaban J connectivity index is 2.07. The molecule has 2 rings (SSSR count). The second-order valence-electron chi connectivity index (χ2n) is 5.51. The Bertz CT molecular complexity index is 399. The van der Waals surface area contributed by atoms with Crippen molar-refractivity contribution in [1.82, 2.24) is 10.3 Å². The maximum absolute atomic E-state index is 5.70. The minimum atomic E-state index is 0.379. The van der Waals surface area contributed by atoms with Gasteiger partial charge in [0.25, 0.3) is 0 Å². The van der Waals surface area contributed by atoms with Crippen LogP contribution in [0.2, 0.25) is 0 Å². The fraction of sp³-hybridized carbons (Fsp3) is 0.786. The summed E-state index contributed by atoms with van der Waals surface area (Å²) in [7, 11) is 4.10. The molecule has 0 saturated carbocycles. The van der Waals surface area contributed by atoms with Crippen LogP contribution in [0.15, 0.2) is 0 Å². The van der Waals surface area contributed by atoms with Crippen molar-refractivity contribution < 1.29 is 4.74 Å². The molecule has 1 aliphatic rings. The van der Waals surface area contributed by atoms with E-state index in [0.717, 1.165) is 24.8 Å². The number of hydrogen-bond donors (Lipinski definition) is 1. The van der Waals surface area contributed by atoms with Crippen LogP contribution < -0.4 is 10.2 Å². The molecule has 0 radical (unpaired) electrons. The van der Waals surface area contributed by atoms with Gasteiger partial charge in [-0.05, 0) is 25.8 Å². The summed E-state index contributed by atoms with van der Waals surface area (Å²) >= 11 is 1.80.